The standard InChI is InChI=1S/C25H16AsF4N3OS2/c26-23-21-18(12-36-22(21)17(10-31-23)14-7-8-35-11-14)13-1-4-16(5-2-13)32-24(34)33-20-9-15(25(28,29)30)3-6-19(20)27/h1-12H,26H2,(H2,32,33,34). The summed E-state index contributed by atoms with van der Waals surface area (Å²) in [6, 6.07) is 10.1. The summed E-state index contributed by atoms with van der Waals surface area (Å²) in [6.07, 6.45) is -2.75. The van der Waals surface area contributed by atoms with Crippen LogP contribution >= 0.6 is 22.7 Å². The van der Waals surface area contributed by atoms with E-state index in [2.05, 4.69) is 32.4 Å². The SMILES string of the molecule is O=C(Nc1ccc(-c2csc3c(-c4ccsc4)cnc([AsH2])c23)cc1)Nc1cc(C(F)(F)F)ccc1F. The minimum Gasteiger partial charge on any atom is -0.205 e. The minimum absolute atomic E-state index is 0.404. The molecule has 5 aromatic rings. The van der Waals surface area contributed by atoms with E-state index in [0.717, 1.165) is 36.8 Å². The Hall–Kier alpha value is -3.20. The number of halogens is 4. The average Bonchev–Trinajstić information content (AvgIpc) is 3.52. The molecule has 4 nitrogen and oxygen atoms in total. The van der Waals surface area contributed by atoms with Gasteiger partial charge in [-0.3, -0.25) is 0 Å². The van der Waals surface area contributed by atoms with Gasteiger partial charge in [-0.05, 0) is 12.1 Å². The van der Waals surface area contributed by atoms with Gasteiger partial charge in [0.25, 0.3) is 0 Å². The zero-order valence-electron chi connectivity index (χ0n) is 18.2. The Balaban J connectivity index is 1.36. The molecule has 0 aliphatic carbocycles. The Bertz CT molecular complexity index is 1570. The summed E-state index contributed by atoms with van der Waals surface area (Å²) in [6.45, 7) is 0. The van der Waals surface area contributed by atoms with Crippen LogP contribution < -0.4 is 15.1 Å². The smallest absolute Gasteiger partial charge is 0.205 e. The molecule has 2 aromatic carbocycles. The summed E-state index contributed by atoms with van der Waals surface area (Å²) in [7, 11) is 0. The van der Waals surface area contributed by atoms with Gasteiger partial charge in [0.05, 0.1) is 5.56 Å². The first-order chi connectivity index (χ1) is 17.2. The second-order valence-corrected chi connectivity index (χ2v) is 10.6. The number of amides is 2. The van der Waals surface area contributed by atoms with Gasteiger partial charge in [0, 0.05) is 0 Å². The van der Waals surface area contributed by atoms with Crippen LogP contribution in [0.2, 0.25) is 0 Å². The van der Waals surface area contributed by atoms with Crippen LogP contribution in [-0.2, 0) is 6.18 Å². The van der Waals surface area contributed by atoms with Crippen molar-refractivity contribution in [1.82, 2.24) is 4.98 Å². The van der Waals surface area contributed by atoms with Crippen molar-refractivity contribution in [3.63, 3.8) is 0 Å². The Morgan fingerprint density at radius 3 is 2.42 bits per heavy atom. The van der Waals surface area contributed by atoms with Gasteiger partial charge in [-0.1, -0.05) is 0 Å². The normalized spacial score (nSPS) is 11.6. The molecule has 0 saturated heterocycles. The van der Waals surface area contributed by atoms with Gasteiger partial charge >= 0.3 is 185 Å². The molecule has 2 amide bonds. The number of urea groups is 1. The molecule has 0 aliphatic heterocycles. The molecule has 3 heterocycles. The van der Waals surface area contributed by atoms with E-state index < -0.39 is 29.3 Å². The monoisotopic (exact) mass is 589 g/mol. The Kier molecular flexibility index (Phi) is 6.59. The number of thiophene rings is 2. The van der Waals surface area contributed by atoms with Crippen LogP contribution in [-0.4, -0.2) is 27.9 Å². The molecule has 182 valence electrons. The fraction of sp³-hybridized carbons (Fsp3) is 0.0400. The van der Waals surface area contributed by atoms with Crippen LogP contribution in [0, 0.1) is 5.82 Å². The molecule has 0 saturated carbocycles. The summed E-state index contributed by atoms with van der Waals surface area (Å²) in [5, 5.41) is 11.9. The molecule has 0 radical (unpaired) electrons. The number of hydrogen-bond donors (Lipinski definition) is 2. The van der Waals surface area contributed by atoms with Crippen molar-refractivity contribution in [2.45, 2.75) is 6.18 Å². The topological polar surface area (TPSA) is 54.0 Å². The molecule has 5 rings (SSSR count). The van der Waals surface area contributed by atoms with Gasteiger partial charge in [0.1, 0.15) is 0 Å². The van der Waals surface area contributed by atoms with E-state index in [9.17, 15) is 22.4 Å². The second-order valence-electron chi connectivity index (χ2n) is 7.77. The molecule has 1 atom stereocenters. The number of pyridine rings is 1. The summed E-state index contributed by atoms with van der Waals surface area (Å²) in [4.78, 5) is 16.9. The van der Waals surface area contributed by atoms with Crippen LogP contribution in [0.3, 0.4) is 0 Å². The molecular formula is C25H16AsF4N3OS2. The van der Waals surface area contributed by atoms with E-state index in [0.29, 0.717) is 23.9 Å². The van der Waals surface area contributed by atoms with Crippen LogP contribution in [0.5, 0.6) is 0 Å². The van der Waals surface area contributed by atoms with Gasteiger partial charge in [0.15, 0.2) is 0 Å². The number of benzene rings is 2. The number of nitrogens with zero attached hydrogens (tertiary/aromatic N) is 1. The van der Waals surface area contributed by atoms with E-state index in [1.165, 1.54) is 16.9 Å². The van der Waals surface area contributed by atoms with Crippen LogP contribution in [0.1, 0.15) is 5.56 Å². The number of carbonyl (C=O) groups is 1. The zero-order valence-corrected chi connectivity index (χ0v) is 22.2. The van der Waals surface area contributed by atoms with Crippen molar-refractivity contribution in [2.24, 2.45) is 0 Å². The molecule has 2 N–H and O–H groups in total. The zero-order chi connectivity index (χ0) is 25.4. The number of rotatable bonds is 4. The fourth-order valence-corrected chi connectivity index (χ4v) is 6.50. The summed E-state index contributed by atoms with van der Waals surface area (Å²) in [5.41, 5.74) is 2.96. The Labute approximate surface area is 219 Å². The predicted molar refractivity (Wildman–Crippen MR) is 141 cm³/mol. The summed E-state index contributed by atoms with van der Waals surface area (Å²) in [5.74, 6) is -0.967. The van der Waals surface area contributed by atoms with E-state index in [1.54, 1.807) is 34.8 Å². The number of alkyl halides is 3. The number of carbonyl (C=O) groups excluding carboxylic acids is 1. The molecule has 36 heavy (non-hydrogen) atoms. The molecule has 0 bridgehead atoms. The third kappa shape index (κ3) is 4.89. The van der Waals surface area contributed by atoms with Crippen molar-refractivity contribution in [1.29, 1.82) is 0 Å². The van der Waals surface area contributed by atoms with Crippen molar-refractivity contribution >= 4 is 71.5 Å². The summed E-state index contributed by atoms with van der Waals surface area (Å²) < 4.78 is 54.8. The Morgan fingerprint density at radius 1 is 0.944 bits per heavy atom. The van der Waals surface area contributed by atoms with E-state index in [1.807, 2.05) is 23.7 Å². The second kappa shape index (κ2) is 9.69. The van der Waals surface area contributed by atoms with E-state index in [-0.39, 0.29) is 0 Å². The van der Waals surface area contributed by atoms with Crippen molar-refractivity contribution in [3.8, 4) is 22.3 Å². The molecule has 11 heteroatoms. The van der Waals surface area contributed by atoms with Gasteiger partial charge in [0.2, 0.25) is 0 Å². The van der Waals surface area contributed by atoms with Crippen LogP contribution in [0.25, 0.3) is 32.3 Å². The minimum atomic E-state index is -4.65. The van der Waals surface area contributed by atoms with E-state index in [4.69, 9.17) is 0 Å². The van der Waals surface area contributed by atoms with Crippen LogP contribution in [0.4, 0.5) is 33.7 Å². The van der Waals surface area contributed by atoms with Crippen molar-refractivity contribution < 1.29 is 22.4 Å². The Morgan fingerprint density at radius 2 is 1.72 bits per heavy atom. The molecule has 3 aromatic heterocycles. The van der Waals surface area contributed by atoms with Gasteiger partial charge in [-0.2, -0.15) is 13.2 Å². The maximum absolute atomic E-state index is 13.9. The molecule has 0 aliphatic rings. The molecule has 1 unspecified atom stereocenters. The first-order valence-electron chi connectivity index (χ1n) is 10.4. The van der Waals surface area contributed by atoms with Crippen molar-refractivity contribution in [2.75, 3.05) is 10.6 Å². The van der Waals surface area contributed by atoms with Crippen molar-refractivity contribution in [3.05, 3.63) is 82.2 Å². The third-order valence-electron chi connectivity index (χ3n) is 5.45. The number of hydrogen-bond acceptors (Lipinski definition) is 4. The van der Waals surface area contributed by atoms with Gasteiger partial charge in [-0.15, -0.1) is 0 Å². The summed E-state index contributed by atoms with van der Waals surface area (Å²) >= 11 is 4.71. The predicted octanol–water partition coefficient (Wildman–Crippen LogP) is 6.75. The number of anilines is 2. The van der Waals surface area contributed by atoms with Gasteiger partial charge in [-0.25, -0.2) is 4.39 Å². The first kappa shape index (κ1) is 24.5. The number of nitrogens with one attached hydrogen (secondary N) is 2. The fourth-order valence-electron chi connectivity index (χ4n) is 3.72. The van der Waals surface area contributed by atoms with E-state index >= 15 is 0 Å². The quantitative estimate of drug-likeness (QED) is 0.180. The molecular weight excluding hydrogens is 573 g/mol. The first-order valence-corrected chi connectivity index (χ1v) is 13.5. The number of fused-ring (bicyclic) bond motifs is 1. The third-order valence-corrected chi connectivity index (χ3v) is 8.07. The molecule has 0 spiro atoms. The maximum atomic E-state index is 13.9. The van der Waals surface area contributed by atoms with Gasteiger partial charge < -0.3 is 0 Å². The molecule has 0 fully saturated rings. The van der Waals surface area contributed by atoms with Crippen LogP contribution in [0.15, 0.2) is 70.9 Å². The average molecular weight is 589 g/mol. The number of aromatic nitrogens is 1.